The number of esters is 1. The average Bonchev–Trinajstić information content (AvgIpc) is 2.93. The van der Waals surface area contributed by atoms with E-state index in [9.17, 15) is 24.5 Å². The summed E-state index contributed by atoms with van der Waals surface area (Å²) in [7, 11) is 0. The molecule has 3 unspecified atom stereocenters. The van der Waals surface area contributed by atoms with Gasteiger partial charge in [-0.3, -0.25) is 24.5 Å². The lowest BCUT2D eigenvalue weighted by molar-refractivity contribution is -0.384. The zero-order chi connectivity index (χ0) is 20.4. The number of allylic oxidation sites excluding steroid dienone is 1. The molecule has 1 fully saturated rings. The van der Waals surface area contributed by atoms with E-state index >= 15 is 0 Å². The Morgan fingerprint density at radius 2 is 2.18 bits per heavy atom. The highest BCUT2D eigenvalue weighted by Gasteiger charge is 2.47. The molecule has 8 nitrogen and oxygen atoms in total. The summed E-state index contributed by atoms with van der Waals surface area (Å²) in [5, 5.41) is 11.0. The van der Waals surface area contributed by atoms with E-state index in [1.807, 2.05) is 0 Å². The number of carbonyl (C=O) groups excluding carboxylic acids is 3. The van der Waals surface area contributed by atoms with Crippen molar-refractivity contribution in [2.24, 2.45) is 5.92 Å². The molecule has 0 saturated carbocycles. The zero-order valence-electron chi connectivity index (χ0n) is 14.9. The number of nitro groups is 1. The molecule has 1 aromatic carbocycles. The molecular formula is C19H17ClN2O6. The Balaban J connectivity index is 1.84. The van der Waals surface area contributed by atoms with Crippen molar-refractivity contribution in [3.63, 3.8) is 0 Å². The smallest absolute Gasteiger partial charge is 0.311 e. The van der Waals surface area contributed by atoms with Crippen LogP contribution in [0, 0.1) is 16.0 Å². The molecule has 9 heteroatoms. The third kappa shape index (κ3) is 3.68. The molecule has 0 spiro atoms. The van der Waals surface area contributed by atoms with Crippen molar-refractivity contribution in [2.45, 2.75) is 25.4 Å². The van der Waals surface area contributed by atoms with Gasteiger partial charge < -0.3 is 9.64 Å². The molecule has 1 saturated heterocycles. The van der Waals surface area contributed by atoms with E-state index < -0.39 is 28.7 Å². The number of hydrogen-bond donors (Lipinski definition) is 0. The fraction of sp³-hybridized carbons (Fsp3) is 0.316. The number of hydrogen-bond acceptors (Lipinski definition) is 7. The van der Waals surface area contributed by atoms with Gasteiger partial charge in [-0.15, -0.1) is 0 Å². The van der Waals surface area contributed by atoms with Crippen LogP contribution < -0.4 is 0 Å². The number of benzene rings is 1. The standard InChI is InChI=1S/C19H17ClN2O6/c1-2-28-19(25)13-10-16-18(24)6-5-15(13)21(16)8-7-17(23)12-9-11(22(26)27)3-4-14(12)20/h3-9,13,15-16H,2,10H2,1H3. The number of rotatable bonds is 6. The van der Waals surface area contributed by atoms with E-state index in [4.69, 9.17) is 16.3 Å². The van der Waals surface area contributed by atoms with Crippen LogP contribution in [0.4, 0.5) is 5.69 Å². The Morgan fingerprint density at radius 3 is 2.86 bits per heavy atom. The minimum Gasteiger partial charge on any atom is -0.466 e. The van der Waals surface area contributed by atoms with Crippen LogP contribution in [0.3, 0.4) is 0 Å². The van der Waals surface area contributed by atoms with Gasteiger partial charge in [-0.2, -0.15) is 0 Å². The maximum atomic E-state index is 12.5. The molecule has 0 N–H and O–H groups in total. The Bertz CT molecular complexity index is 910. The average molecular weight is 405 g/mol. The number of fused-ring (bicyclic) bond motifs is 2. The first-order valence-electron chi connectivity index (χ1n) is 8.66. The van der Waals surface area contributed by atoms with E-state index in [0.717, 1.165) is 6.07 Å². The number of nitrogens with zero attached hydrogens (tertiary/aromatic N) is 2. The molecule has 1 aromatic rings. The Labute approximate surface area is 165 Å². The normalized spacial score (nSPS) is 23.3. The summed E-state index contributed by atoms with van der Waals surface area (Å²) in [5.74, 6) is -1.59. The second kappa shape index (κ2) is 7.93. The fourth-order valence-electron chi connectivity index (χ4n) is 3.47. The quantitative estimate of drug-likeness (QED) is 0.236. The molecule has 28 heavy (non-hydrogen) atoms. The maximum Gasteiger partial charge on any atom is 0.311 e. The topological polar surface area (TPSA) is 107 Å². The summed E-state index contributed by atoms with van der Waals surface area (Å²) in [5.41, 5.74) is -0.264. The summed E-state index contributed by atoms with van der Waals surface area (Å²) in [6.07, 6.45) is 6.00. The van der Waals surface area contributed by atoms with Crippen molar-refractivity contribution in [3.05, 3.63) is 63.3 Å². The lowest BCUT2D eigenvalue weighted by atomic mass is 10.0. The van der Waals surface area contributed by atoms with Crippen LogP contribution in [-0.2, 0) is 14.3 Å². The van der Waals surface area contributed by atoms with Gasteiger partial charge in [0.05, 0.1) is 34.6 Å². The third-order valence-electron chi connectivity index (χ3n) is 4.79. The first-order chi connectivity index (χ1) is 13.3. The van der Waals surface area contributed by atoms with Crippen molar-refractivity contribution in [1.29, 1.82) is 0 Å². The van der Waals surface area contributed by atoms with E-state index in [0.29, 0.717) is 6.42 Å². The largest absolute Gasteiger partial charge is 0.466 e. The van der Waals surface area contributed by atoms with Gasteiger partial charge in [0.25, 0.3) is 5.69 Å². The van der Waals surface area contributed by atoms with Crippen LogP contribution in [0.2, 0.25) is 5.02 Å². The van der Waals surface area contributed by atoms with Crippen molar-refractivity contribution in [3.8, 4) is 0 Å². The summed E-state index contributed by atoms with van der Waals surface area (Å²) in [6.45, 7) is 1.95. The van der Waals surface area contributed by atoms with Gasteiger partial charge in [-0.1, -0.05) is 17.7 Å². The van der Waals surface area contributed by atoms with Crippen LogP contribution in [0.25, 0.3) is 0 Å². The molecule has 2 bridgehead atoms. The predicted octanol–water partition coefficient (Wildman–Crippen LogP) is 2.71. The van der Waals surface area contributed by atoms with Crippen molar-refractivity contribution in [2.75, 3.05) is 6.61 Å². The van der Waals surface area contributed by atoms with Gasteiger partial charge in [-0.25, -0.2) is 0 Å². The molecular weight excluding hydrogens is 388 g/mol. The Hall–Kier alpha value is -3.00. The monoisotopic (exact) mass is 404 g/mol. The van der Waals surface area contributed by atoms with Gasteiger partial charge >= 0.3 is 5.97 Å². The van der Waals surface area contributed by atoms with Gasteiger partial charge in [0, 0.05) is 30.0 Å². The number of non-ortho nitro benzene ring substituents is 1. The van der Waals surface area contributed by atoms with Crippen LogP contribution in [0.15, 0.2) is 42.6 Å². The first-order valence-corrected chi connectivity index (χ1v) is 9.04. The second-order valence-corrected chi connectivity index (χ2v) is 6.82. The van der Waals surface area contributed by atoms with Gasteiger partial charge in [0.2, 0.25) is 0 Å². The molecule has 3 atom stereocenters. The summed E-state index contributed by atoms with van der Waals surface area (Å²) < 4.78 is 5.08. The molecule has 0 amide bonds. The number of ether oxygens (including phenoxy) is 1. The lowest BCUT2D eigenvalue weighted by Crippen LogP contribution is -2.40. The lowest BCUT2D eigenvalue weighted by Gasteiger charge is -2.29. The highest BCUT2D eigenvalue weighted by Crippen LogP contribution is 2.36. The van der Waals surface area contributed by atoms with Gasteiger partial charge in [0.15, 0.2) is 11.6 Å². The predicted molar refractivity (Wildman–Crippen MR) is 99.9 cm³/mol. The Morgan fingerprint density at radius 1 is 1.43 bits per heavy atom. The van der Waals surface area contributed by atoms with Crippen LogP contribution in [0.1, 0.15) is 23.7 Å². The molecule has 0 radical (unpaired) electrons. The van der Waals surface area contributed by atoms with E-state index in [2.05, 4.69) is 0 Å². The summed E-state index contributed by atoms with van der Waals surface area (Å²) >= 11 is 5.99. The van der Waals surface area contributed by atoms with Crippen molar-refractivity contribution < 1.29 is 24.0 Å². The van der Waals surface area contributed by atoms with Crippen LogP contribution in [-0.4, -0.2) is 46.0 Å². The highest BCUT2D eigenvalue weighted by molar-refractivity contribution is 6.34. The maximum absolute atomic E-state index is 12.5. The van der Waals surface area contributed by atoms with Gasteiger partial charge in [0.1, 0.15) is 0 Å². The first kappa shape index (κ1) is 19.8. The minimum atomic E-state index is -0.616. The molecule has 0 aliphatic carbocycles. The van der Waals surface area contributed by atoms with E-state index in [-0.39, 0.29) is 34.6 Å². The third-order valence-corrected chi connectivity index (χ3v) is 5.12. The molecule has 2 heterocycles. The summed E-state index contributed by atoms with van der Waals surface area (Å²) in [6, 6.07) is 2.64. The minimum absolute atomic E-state index is 0.0136. The number of ketones is 2. The SMILES string of the molecule is CCOC(=O)C1CC2C(=O)C=CC1N2C=CC(=O)c1cc([N+](=O)[O-])ccc1Cl. The van der Waals surface area contributed by atoms with Crippen LogP contribution >= 0.6 is 11.6 Å². The molecule has 2 aliphatic heterocycles. The van der Waals surface area contributed by atoms with Crippen molar-refractivity contribution in [1.82, 2.24) is 4.90 Å². The highest BCUT2D eigenvalue weighted by atomic mass is 35.5. The van der Waals surface area contributed by atoms with E-state index in [1.165, 1.54) is 30.5 Å². The molecule has 146 valence electrons. The molecule has 3 rings (SSSR count). The molecule has 0 aromatic heterocycles. The summed E-state index contributed by atoms with van der Waals surface area (Å²) in [4.78, 5) is 48.8. The second-order valence-electron chi connectivity index (χ2n) is 6.41. The number of halogens is 1. The van der Waals surface area contributed by atoms with Crippen molar-refractivity contribution >= 4 is 34.8 Å². The van der Waals surface area contributed by atoms with E-state index in [1.54, 1.807) is 17.9 Å². The van der Waals surface area contributed by atoms with Gasteiger partial charge in [-0.05, 0) is 25.5 Å². The number of carbonyl (C=O) groups is 3. The molecule has 2 aliphatic rings. The number of nitro benzene ring substituents is 1. The Kier molecular flexibility index (Phi) is 5.60. The fourth-order valence-corrected chi connectivity index (χ4v) is 3.68. The zero-order valence-corrected chi connectivity index (χ0v) is 15.7. The van der Waals surface area contributed by atoms with Crippen LogP contribution in [0.5, 0.6) is 0 Å².